The number of aryl methyl sites for hydroxylation is 1. The van der Waals surface area contributed by atoms with Crippen molar-refractivity contribution in [2.24, 2.45) is 0 Å². The predicted molar refractivity (Wildman–Crippen MR) is 83.5 cm³/mol. The van der Waals surface area contributed by atoms with E-state index in [4.69, 9.17) is 11.6 Å². The van der Waals surface area contributed by atoms with Crippen molar-refractivity contribution < 1.29 is 9.90 Å². The molecule has 0 spiro atoms. The Bertz CT molecular complexity index is 841. The van der Waals surface area contributed by atoms with E-state index in [2.05, 4.69) is 10.3 Å². The number of aromatic carboxylic acids is 1. The molecule has 0 unspecified atom stereocenters. The van der Waals surface area contributed by atoms with Gasteiger partial charge in [0.05, 0.1) is 10.7 Å². The third kappa shape index (κ3) is 2.46. The number of hydrogen-bond donors (Lipinski definition) is 1. The van der Waals surface area contributed by atoms with Crippen LogP contribution in [0.2, 0.25) is 5.02 Å². The molecular weight excluding hydrogens is 302 g/mol. The molecule has 22 heavy (non-hydrogen) atoms. The molecule has 0 aliphatic heterocycles. The van der Waals surface area contributed by atoms with E-state index < -0.39 is 5.97 Å². The quantitative estimate of drug-likeness (QED) is 0.802. The Morgan fingerprint density at radius 2 is 1.82 bits per heavy atom. The third-order valence-corrected chi connectivity index (χ3v) is 3.60. The van der Waals surface area contributed by atoms with E-state index in [1.54, 1.807) is 18.2 Å². The van der Waals surface area contributed by atoms with Crippen LogP contribution in [0.4, 0.5) is 0 Å². The summed E-state index contributed by atoms with van der Waals surface area (Å²) in [6.45, 7) is 1.96. The highest BCUT2D eigenvalue weighted by Crippen LogP contribution is 2.28. The second-order valence-electron chi connectivity index (χ2n) is 4.82. The van der Waals surface area contributed by atoms with Gasteiger partial charge in [0.2, 0.25) is 0 Å². The molecule has 0 aliphatic rings. The zero-order valence-corrected chi connectivity index (χ0v) is 12.4. The van der Waals surface area contributed by atoms with Crippen molar-refractivity contribution in [1.82, 2.24) is 15.0 Å². The molecule has 0 aliphatic carbocycles. The van der Waals surface area contributed by atoms with E-state index >= 15 is 0 Å². The largest absolute Gasteiger partial charge is 0.476 e. The highest BCUT2D eigenvalue weighted by atomic mass is 35.5. The van der Waals surface area contributed by atoms with Crippen molar-refractivity contribution in [2.45, 2.75) is 6.92 Å². The van der Waals surface area contributed by atoms with Crippen LogP contribution >= 0.6 is 11.6 Å². The van der Waals surface area contributed by atoms with Crippen LogP contribution in [0.1, 0.15) is 16.1 Å². The van der Waals surface area contributed by atoms with Gasteiger partial charge in [0.25, 0.3) is 0 Å². The van der Waals surface area contributed by atoms with Gasteiger partial charge in [-0.1, -0.05) is 58.8 Å². The molecule has 0 fully saturated rings. The monoisotopic (exact) mass is 313 g/mol. The van der Waals surface area contributed by atoms with Gasteiger partial charge in [-0.25, -0.2) is 9.48 Å². The maximum atomic E-state index is 11.4. The molecule has 2 aromatic carbocycles. The van der Waals surface area contributed by atoms with Gasteiger partial charge in [-0.2, -0.15) is 0 Å². The maximum absolute atomic E-state index is 11.4. The van der Waals surface area contributed by atoms with E-state index in [0.29, 0.717) is 22.0 Å². The van der Waals surface area contributed by atoms with Crippen molar-refractivity contribution in [2.75, 3.05) is 0 Å². The first-order valence-corrected chi connectivity index (χ1v) is 6.96. The standard InChI is InChI=1S/C16H12ClN3O2/c1-10-6-8-11(9-7-10)15-14(16(21)22)18-19-20(15)13-5-3-2-4-12(13)17/h2-9H,1H3,(H,21,22). The van der Waals surface area contributed by atoms with Crippen molar-refractivity contribution in [3.05, 3.63) is 64.8 Å². The smallest absolute Gasteiger partial charge is 0.358 e. The zero-order valence-electron chi connectivity index (χ0n) is 11.7. The maximum Gasteiger partial charge on any atom is 0.358 e. The van der Waals surface area contributed by atoms with Gasteiger partial charge in [-0.3, -0.25) is 0 Å². The second kappa shape index (κ2) is 5.61. The summed E-state index contributed by atoms with van der Waals surface area (Å²) in [4.78, 5) is 11.4. The fourth-order valence-corrected chi connectivity index (χ4v) is 2.40. The number of rotatable bonds is 3. The molecule has 1 aromatic heterocycles. The highest BCUT2D eigenvalue weighted by molar-refractivity contribution is 6.32. The number of hydrogen-bond acceptors (Lipinski definition) is 3. The van der Waals surface area contributed by atoms with Gasteiger partial charge >= 0.3 is 5.97 Å². The average molecular weight is 314 g/mol. The molecule has 0 atom stereocenters. The number of nitrogens with zero attached hydrogens (tertiary/aromatic N) is 3. The Hall–Kier alpha value is -2.66. The molecule has 0 radical (unpaired) electrons. The van der Waals surface area contributed by atoms with E-state index in [9.17, 15) is 9.90 Å². The van der Waals surface area contributed by atoms with E-state index in [1.807, 2.05) is 37.3 Å². The van der Waals surface area contributed by atoms with Crippen LogP contribution in [0.5, 0.6) is 0 Å². The summed E-state index contributed by atoms with van der Waals surface area (Å²) < 4.78 is 1.45. The summed E-state index contributed by atoms with van der Waals surface area (Å²) >= 11 is 6.20. The second-order valence-corrected chi connectivity index (χ2v) is 5.23. The van der Waals surface area contributed by atoms with Crippen LogP contribution in [0.3, 0.4) is 0 Å². The normalized spacial score (nSPS) is 10.6. The van der Waals surface area contributed by atoms with Crippen LogP contribution in [0, 0.1) is 6.92 Å². The Morgan fingerprint density at radius 3 is 2.45 bits per heavy atom. The fraction of sp³-hybridized carbons (Fsp3) is 0.0625. The lowest BCUT2D eigenvalue weighted by Crippen LogP contribution is -2.03. The summed E-state index contributed by atoms with van der Waals surface area (Å²) in [5.41, 5.74) is 2.68. The van der Waals surface area contributed by atoms with Gasteiger partial charge in [-0.05, 0) is 19.1 Å². The van der Waals surface area contributed by atoms with Crippen molar-refractivity contribution >= 4 is 17.6 Å². The first-order valence-electron chi connectivity index (χ1n) is 6.59. The minimum Gasteiger partial charge on any atom is -0.476 e. The molecule has 0 amide bonds. The van der Waals surface area contributed by atoms with Crippen LogP contribution in [0.25, 0.3) is 16.9 Å². The summed E-state index contributed by atoms with van der Waals surface area (Å²) in [6, 6.07) is 14.6. The minimum absolute atomic E-state index is 0.108. The van der Waals surface area contributed by atoms with Crippen LogP contribution < -0.4 is 0 Å². The summed E-state index contributed by atoms with van der Waals surface area (Å²) in [7, 11) is 0. The van der Waals surface area contributed by atoms with Crippen LogP contribution in [-0.2, 0) is 0 Å². The minimum atomic E-state index is -1.13. The number of carboxylic acid groups (broad SMARTS) is 1. The molecule has 3 aromatic rings. The molecule has 1 N–H and O–H groups in total. The Balaban J connectivity index is 2.27. The molecule has 110 valence electrons. The number of carboxylic acids is 1. The molecule has 0 saturated carbocycles. The van der Waals surface area contributed by atoms with Crippen molar-refractivity contribution in [3.63, 3.8) is 0 Å². The Kier molecular flexibility index (Phi) is 3.65. The molecule has 1 heterocycles. The molecule has 0 bridgehead atoms. The number of benzene rings is 2. The summed E-state index contributed by atoms with van der Waals surface area (Å²) in [6.07, 6.45) is 0. The van der Waals surface area contributed by atoms with E-state index in [0.717, 1.165) is 5.56 Å². The lowest BCUT2D eigenvalue weighted by atomic mass is 10.1. The highest BCUT2D eigenvalue weighted by Gasteiger charge is 2.22. The Morgan fingerprint density at radius 1 is 1.14 bits per heavy atom. The molecule has 3 rings (SSSR count). The van der Waals surface area contributed by atoms with Gasteiger partial charge in [0, 0.05) is 5.56 Å². The Labute approximate surface area is 131 Å². The molecule has 0 saturated heterocycles. The van der Waals surface area contributed by atoms with Gasteiger partial charge in [0.15, 0.2) is 5.69 Å². The number of halogens is 1. The summed E-state index contributed by atoms with van der Waals surface area (Å²) in [5.74, 6) is -1.13. The van der Waals surface area contributed by atoms with Gasteiger partial charge in [0.1, 0.15) is 5.69 Å². The van der Waals surface area contributed by atoms with Crippen molar-refractivity contribution in [1.29, 1.82) is 0 Å². The predicted octanol–water partition coefficient (Wildman–Crippen LogP) is 3.59. The summed E-state index contributed by atoms with van der Waals surface area (Å²) in [5, 5.41) is 17.6. The number of carbonyl (C=O) groups is 1. The van der Waals surface area contributed by atoms with E-state index in [-0.39, 0.29) is 5.69 Å². The van der Waals surface area contributed by atoms with Gasteiger partial charge in [-0.15, -0.1) is 5.10 Å². The van der Waals surface area contributed by atoms with Crippen LogP contribution in [-0.4, -0.2) is 26.1 Å². The van der Waals surface area contributed by atoms with Gasteiger partial charge < -0.3 is 5.11 Å². The lowest BCUT2D eigenvalue weighted by molar-refractivity contribution is 0.0691. The van der Waals surface area contributed by atoms with Crippen LogP contribution in [0.15, 0.2) is 48.5 Å². The topological polar surface area (TPSA) is 68.0 Å². The third-order valence-electron chi connectivity index (χ3n) is 3.28. The molecular formula is C16H12ClN3O2. The first-order chi connectivity index (χ1) is 10.6. The number of aromatic nitrogens is 3. The zero-order chi connectivity index (χ0) is 15.7. The first kappa shape index (κ1) is 14.3. The average Bonchev–Trinajstić information content (AvgIpc) is 2.93. The lowest BCUT2D eigenvalue weighted by Gasteiger charge is -2.09. The molecule has 5 nitrogen and oxygen atoms in total. The molecule has 6 heteroatoms. The van der Waals surface area contributed by atoms with E-state index in [1.165, 1.54) is 4.68 Å². The SMILES string of the molecule is Cc1ccc(-c2c(C(=O)O)nnn2-c2ccccc2Cl)cc1. The number of para-hydroxylation sites is 1. The fourth-order valence-electron chi connectivity index (χ4n) is 2.19. The van der Waals surface area contributed by atoms with Crippen molar-refractivity contribution in [3.8, 4) is 16.9 Å².